The minimum atomic E-state index is -0.388. The second-order valence-corrected chi connectivity index (χ2v) is 9.58. The lowest BCUT2D eigenvalue weighted by Crippen LogP contribution is -2.46. The molecule has 0 spiro atoms. The summed E-state index contributed by atoms with van der Waals surface area (Å²) >= 11 is 6.70. The monoisotopic (exact) mass is 482 g/mol. The van der Waals surface area contributed by atoms with Gasteiger partial charge in [-0.25, -0.2) is 9.97 Å². The molecule has 2 fully saturated rings. The Kier molecular flexibility index (Phi) is 6.83. The third-order valence-electron chi connectivity index (χ3n) is 7.05. The first-order chi connectivity index (χ1) is 16.5. The molecule has 2 aliphatic rings. The number of likely N-dealkylation sites (tertiary alicyclic amines) is 1. The van der Waals surface area contributed by atoms with E-state index >= 15 is 0 Å². The Balaban J connectivity index is 1.32. The highest BCUT2D eigenvalue weighted by molar-refractivity contribution is 6.32. The van der Waals surface area contributed by atoms with Gasteiger partial charge in [-0.2, -0.15) is 5.10 Å². The molecule has 0 aliphatic carbocycles. The number of aryl methyl sites for hydroxylation is 1. The molecule has 9 heteroatoms. The minimum absolute atomic E-state index is 0.110. The molecule has 0 amide bonds. The maximum Gasteiger partial charge on any atom is 0.227 e. The molecule has 0 saturated carbocycles. The molecule has 2 aliphatic heterocycles. The van der Waals surface area contributed by atoms with E-state index in [0.717, 1.165) is 71.8 Å². The molecule has 0 unspecified atom stereocenters. The molecule has 2 N–H and O–H groups in total. The summed E-state index contributed by atoms with van der Waals surface area (Å²) in [5.74, 6) is 0.904. The van der Waals surface area contributed by atoms with Gasteiger partial charge in [0.15, 0.2) is 0 Å². The highest BCUT2D eigenvalue weighted by Gasteiger charge is 2.34. The molecule has 34 heavy (non-hydrogen) atoms. The van der Waals surface area contributed by atoms with Crippen LogP contribution in [-0.2, 0) is 11.3 Å². The maximum absolute atomic E-state index is 10.2. The van der Waals surface area contributed by atoms with Crippen molar-refractivity contribution in [3.63, 3.8) is 0 Å². The Hall–Kier alpha value is -2.52. The lowest BCUT2D eigenvalue weighted by molar-refractivity contribution is 0.0663. The van der Waals surface area contributed by atoms with Crippen LogP contribution in [0.15, 0.2) is 37.2 Å². The lowest BCUT2D eigenvalue weighted by atomic mass is 9.88. The first-order valence-electron chi connectivity index (χ1n) is 11.9. The normalized spacial score (nSPS) is 21.9. The van der Waals surface area contributed by atoms with Gasteiger partial charge in [-0.3, -0.25) is 9.58 Å². The van der Waals surface area contributed by atoms with Gasteiger partial charge in [0.05, 0.1) is 48.5 Å². The molecule has 2 saturated heterocycles. The Morgan fingerprint density at radius 3 is 2.82 bits per heavy atom. The number of aliphatic hydroxyl groups is 1. The predicted octanol–water partition coefficient (Wildman–Crippen LogP) is 4.05. The van der Waals surface area contributed by atoms with Crippen molar-refractivity contribution in [2.75, 3.05) is 31.6 Å². The van der Waals surface area contributed by atoms with Crippen LogP contribution < -0.4 is 5.32 Å². The summed E-state index contributed by atoms with van der Waals surface area (Å²) in [6, 6.07) is 4.19. The fraction of sp³-hybridized carbons (Fsp3) is 0.480. The molecule has 2 aromatic heterocycles. The number of allylic oxidation sites excluding steroid dienone is 1. The Morgan fingerprint density at radius 2 is 2.09 bits per heavy atom. The van der Waals surface area contributed by atoms with Crippen LogP contribution in [0.4, 0.5) is 11.6 Å². The van der Waals surface area contributed by atoms with E-state index in [1.807, 2.05) is 29.9 Å². The number of halogens is 1. The average molecular weight is 483 g/mol. The van der Waals surface area contributed by atoms with Crippen LogP contribution in [-0.4, -0.2) is 68.2 Å². The molecule has 1 aromatic carbocycles. The third kappa shape index (κ3) is 4.68. The number of aromatic nitrogens is 4. The molecular formula is C25H31ClN6O2. The highest BCUT2D eigenvalue weighted by atomic mass is 35.5. The van der Waals surface area contributed by atoms with Crippen LogP contribution in [0, 0.1) is 6.92 Å². The van der Waals surface area contributed by atoms with Gasteiger partial charge in [0.1, 0.15) is 0 Å². The molecule has 4 heterocycles. The second kappa shape index (κ2) is 10.00. The first kappa shape index (κ1) is 23.2. The smallest absolute Gasteiger partial charge is 0.227 e. The number of rotatable bonds is 7. The molecule has 3 aromatic rings. The minimum Gasteiger partial charge on any atom is -0.389 e. The summed E-state index contributed by atoms with van der Waals surface area (Å²) in [5, 5.41) is 19.6. The standard InChI is InChI=1S/C25H31ClN6O2/c1-3-4-7-32-16(2)22(13-28-32)30-25-27-12-18-10-20(26)19(11-21(18)29-25)17-5-8-31(9-6-17)23-14-34-15-24(23)33/h3,10-13,17,23-24,33H,1,4-9,14-15H2,2H3,(H,27,29,30)/t23-,24+/m1/s1. The zero-order valence-corrected chi connectivity index (χ0v) is 20.2. The fourth-order valence-electron chi connectivity index (χ4n) is 4.99. The molecule has 2 atom stereocenters. The topological polar surface area (TPSA) is 88.3 Å². The van der Waals surface area contributed by atoms with E-state index in [1.165, 1.54) is 0 Å². The molecule has 180 valence electrons. The molecule has 0 bridgehead atoms. The zero-order chi connectivity index (χ0) is 23.7. The number of nitrogens with one attached hydrogen (secondary N) is 1. The van der Waals surface area contributed by atoms with Gasteiger partial charge in [-0.1, -0.05) is 17.7 Å². The average Bonchev–Trinajstić information content (AvgIpc) is 3.43. The van der Waals surface area contributed by atoms with Gasteiger partial charge in [0.2, 0.25) is 5.95 Å². The van der Waals surface area contributed by atoms with E-state index in [-0.39, 0.29) is 12.1 Å². The van der Waals surface area contributed by atoms with E-state index in [9.17, 15) is 5.11 Å². The van der Waals surface area contributed by atoms with Gasteiger partial charge >= 0.3 is 0 Å². The Labute approximate surface area is 204 Å². The summed E-state index contributed by atoms with van der Waals surface area (Å²) < 4.78 is 7.39. The summed E-state index contributed by atoms with van der Waals surface area (Å²) in [5.41, 5.74) is 3.93. The number of benzene rings is 1. The Bertz CT molecular complexity index is 1170. The summed E-state index contributed by atoms with van der Waals surface area (Å²) in [7, 11) is 0. The van der Waals surface area contributed by atoms with Crippen molar-refractivity contribution in [1.29, 1.82) is 0 Å². The van der Waals surface area contributed by atoms with Crippen molar-refractivity contribution in [3.8, 4) is 0 Å². The van der Waals surface area contributed by atoms with Crippen molar-refractivity contribution in [2.45, 2.75) is 50.8 Å². The van der Waals surface area contributed by atoms with Crippen molar-refractivity contribution in [1.82, 2.24) is 24.6 Å². The van der Waals surface area contributed by atoms with Crippen LogP contribution in [0.3, 0.4) is 0 Å². The van der Waals surface area contributed by atoms with Crippen molar-refractivity contribution < 1.29 is 9.84 Å². The van der Waals surface area contributed by atoms with Crippen molar-refractivity contribution in [3.05, 3.63) is 53.5 Å². The van der Waals surface area contributed by atoms with E-state index in [0.29, 0.717) is 25.1 Å². The number of nitrogens with zero attached hydrogens (tertiary/aromatic N) is 5. The maximum atomic E-state index is 10.2. The summed E-state index contributed by atoms with van der Waals surface area (Å²) in [6.45, 7) is 9.50. The van der Waals surface area contributed by atoms with Gasteiger partial charge in [-0.05, 0) is 62.9 Å². The van der Waals surface area contributed by atoms with Crippen LogP contribution >= 0.6 is 11.6 Å². The predicted molar refractivity (Wildman–Crippen MR) is 134 cm³/mol. The molecule has 0 radical (unpaired) electrons. The van der Waals surface area contributed by atoms with Crippen molar-refractivity contribution in [2.24, 2.45) is 0 Å². The molecular weight excluding hydrogens is 452 g/mol. The zero-order valence-electron chi connectivity index (χ0n) is 19.5. The number of hydrogen-bond donors (Lipinski definition) is 2. The fourth-order valence-corrected chi connectivity index (χ4v) is 5.32. The van der Waals surface area contributed by atoms with Gasteiger partial charge in [0.25, 0.3) is 0 Å². The van der Waals surface area contributed by atoms with Crippen LogP contribution in [0.1, 0.15) is 36.4 Å². The van der Waals surface area contributed by atoms with E-state index in [4.69, 9.17) is 21.3 Å². The quantitative estimate of drug-likeness (QED) is 0.491. The number of fused-ring (bicyclic) bond motifs is 1. The van der Waals surface area contributed by atoms with Crippen molar-refractivity contribution >= 4 is 34.1 Å². The van der Waals surface area contributed by atoms with Gasteiger partial charge < -0.3 is 15.2 Å². The number of piperidine rings is 1. The molecule has 5 rings (SSSR count). The molecule has 8 nitrogen and oxygen atoms in total. The van der Waals surface area contributed by atoms with Gasteiger partial charge in [0, 0.05) is 23.2 Å². The number of hydrogen-bond acceptors (Lipinski definition) is 7. The van der Waals surface area contributed by atoms with E-state index < -0.39 is 0 Å². The van der Waals surface area contributed by atoms with Crippen LogP contribution in [0.2, 0.25) is 5.02 Å². The number of aliphatic hydroxyl groups excluding tert-OH is 1. The summed E-state index contributed by atoms with van der Waals surface area (Å²) in [6.07, 6.45) is 7.97. The highest BCUT2D eigenvalue weighted by Crippen LogP contribution is 2.36. The largest absolute Gasteiger partial charge is 0.389 e. The van der Waals surface area contributed by atoms with E-state index in [1.54, 1.807) is 6.20 Å². The van der Waals surface area contributed by atoms with Crippen LogP contribution in [0.25, 0.3) is 10.9 Å². The summed E-state index contributed by atoms with van der Waals surface area (Å²) in [4.78, 5) is 11.6. The van der Waals surface area contributed by atoms with Gasteiger partial charge in [-0.15, -0.1) is 6.58 Å². The number of anilines is 2. The first-order valence-corrected chi connectivity index (χ1v) is 12.3. The third-order valence-corrected chi connectivity index (χ3v) is 7.38. The Morgan fingerprint density at radius 1 is 1.26 bits per heavy atom. The lowest BCUT2D eigenvalue weighted by Gasteiger charge is -2.36. The second-order valence-electron chi connectivity index (χ2n) is 9.18. The van der Waals surface area contributed by atoms with E-state index in [2.05, 4.69) is 32.9 Å². The van der Waals surface area contributed by atoms with Crippen LogP contribution in [0.5, 0.6) is 0 Å². The number of ether oxygens (including phenoxy) is 1. The SMILES string of the molecule is C=CCCn1ncc(Nc2ncc3cc(Cl)c(C4CCN([C@@H]5COC[C@@H]5O)CC4)cc3n2)c1C.